The summed E-state index contributed by atoms with van der Waals surface area (Å²) in [4.78, 5) is 35.1. The number of ether oxygens (including phenoxy) is 4. The summed E-state index contributed by atoms with van der Waals surface area (Å²) in [6.45, 7) is 5.21. The second kappa shape index (κ2) is 18.8. The number of phenolic OH excluding ortho intramolecular Hbond substituents is 1. The number of allylic oxidation sites excluding steroid dienone is 1. The minimum atomic E-state index is -0.390. The first kappa shape index (κ1) is 37.9. The van der Waals surface area contributed by atoms with Gasteiger partial charge in [-0.1, -0.05) is 6.08 Å². The molecule has 3 amide bonds. The fourth-order valence-electron chi connectivity index (χ4n) is 6.30. The highest BCUT2D eigenvalue weighted by atomic mass is 32.2. The van der Waals surface area contributed by atoms with Crippen molar-refractivity contribution in [3.05, 3.63) is 69.9 Å². The molecule has 5 rings (SSSR count). The van der Waals surface area contributed by atoms with E-state index in [2.05, 4.69) is 21.3 Å². The van der Waals surface area contributed by atoms with Crippen molar-refractivity contribution >= 4 is 40.3 Å². The van der Waals surface area contributed by atoms with Gasteiger partial charge in [-0.15, -0.1) is 0 Å². The molecule has 0 aliphatic carbocycles. The number of amides is 3. The van der Waals surface area contributed by atoms with Gasteiger partial charge in [-0.05, 0) is 62.2 Å². The number of nitro groups is 1. The third kappa shape index (κ3) is 9.92. The lowest BCUT2D eigenvalue weighted by Crippen LogP contribution is -2.36. The van der Waals surface area contributed by atoms with Crippen molar-refractivity contribution in [2.24, 2.45) is 0 Å². The highest BCUT2D eigenvalue weighted by molar-refractivity contribution is 8.00. The van der Waals surface area contributed by atoms with Crippen LogP contribution in [0.25, 0.3) is 16.6 Å². The second-order valence-electron chi connectivity index (χ2n) is 12.1. The number of nitrogens with zero attached hydrogens (tertiary/aromatic N) is 2. The van der Waals surface area contributed by atoms with Crippen molar-refractivity contribution < 1.29 is 38.6 Å². The van der Waals surface area contributed by atoms with Crippen molar-refractivity contribution in [1.82, 2.24) is 25.8 Å². The molecule has 0 spiro atoms. The van der Waals surface area contributed by atoms with E-state index in [9.17, 15) is 24.8 Å². The van der Waals surface area contributed by atoms with E-state index in [0.29, 0.717) is 91.6 Å². The minimum Gasteiger partial charge on any atom is -0.508 e. The molecule has 3 atom stereocenters. The molecule has 3 unspecified atom stereocenters. The van der Waals surface area contributed by atoms with Crippen LogP contribution >= 0.6 is 11.8 Å². The van der Waals surface area contributed by atoms with Crippen LogP contribution in [0.3, 0.4) is 0 Å². The van der Waals surface area contributed by atoms with E-state index in [1.165, 1.54) is 6.07 Å². The Morgan fingerprint density at radius 1 is 1.06 bits per heavy atom. The maximum absolute atomic E-state index is 12.0. The summed E-state index contributed by atoms with van der Waals surface area (Å²) in [5.41, 5.74) is 2.28. The Kier molecular flexibility index (Phi) is 13.9. The van der Waals surface area contributed by atoms with Gasteiger partial charge in [-0.3, -0.25) is 14.9 Å². The maximum atomic E-state index is 12.0. The first-order valence-electron chi connectivity index (χ1n) is 17.0. The van der Waals surface area contributed by atoms with Crippen LogP contribution in [0, 0.1) is 17.0 Å². The van der Waals surface area contributed by atoms with Gasteiger partial charge in [0.15, 0.2) is 0 Å². The molecule has 2 aromatic carbocycles. The zero-order valence-corrected chi connectivity index (χ0v) is 29.7. The third-order valence-electron chi connectivity index (χ3n) is 8.77. The van der Waals surface area contributed by atoms with Gasteiger partial charge in [0.25, 0.3) is 5.69 Å². The highest BCUT2D eigenvalue weighted by Crippen LogP contribution is 2.40. The summed E-state index contributed by atoms with van der Waals surface area (Å²) < 4.78 is 23.8. The number of phenols is 1. The molecule has 15 nitrogen and oxygen atoms in total. The SMILES string of the molecule is COc1ccc(-n2c(C)c([N+](=O)[O-])c3ccc(O)c(CNCCOCCOCCOCCNC(=O)C=CCCC4SCC5NC(=O)NC54)c32)cc1. The van der Waals surface area contributed by atoms with Crippen LogP contribution in [0.2, 0.25) is 0 Å². The quantitative estimate of drug-likeness (QED) is 0.0356. The van der Waals surface area contributed by atoms with Crippen LogP contribution in [-0.2, 0) is 25.5 Å². The minimum absolute atomic E-state index is 0.00442. The number of urea groups is 1. The van der Waals surface area contributed by atoms with Crippen molar-refractivity contribution in [2.45, 2.75) is 43.6 Å². The van der Waals surface area contributed by atoms with Crippen LogP contribution in [-0.4, -0.2) is 109 Å². The standard InChI is InChI=1S/C35H46N6O9S/c1-23-33(41(45)46)26-11-12-29(42)27(34(26)40(23)24-7-9-25(47-2)10-8-24)21-36-13-15-48-17-19-50-20-18-49-16-14-37-31(43)6-4-3-5-30-32-28(22-51-30)38-35(44)39-32/h4,6-12,28,30,32,36,42H,3,5,13-22H2,1-2H3,(H,37,43)(H2,38,39,44). The molecular formula is C35H46N6O9S. The maximum Gasteiger partial charge on any atom is 0.315 e. The second-order valence-corrected chi connectivity index (χ2v) is 13.4. The number of thioether (sulfide) groups is 1. The van der Waals surface area contributed by atoms with E-state index in [1.807, 2.05) is 30.0 Å². The molecule has 0 saturated carbocycles. The molecule has 3 heterocycles. The predicted octanol–water partition coefficient (Wildman–Crippen LogP) is 3.32. The molecule has 0 radical (unpaired) electrons. The number of benzene rings is 2. The molecule has 51 heavy (non-hydrogen) atoms. The van der Waals surface area contributed by atoms with Gasteiger partial charge in [-0.25, -0.2) is 4.79 Å². The topological polar surface area (TPSA) is 187 Å². The van der Waals surface area contributed by atoms with Crippen molar-refractivity contribution in [1.29, 1.82) is 0 Å². The summed E-state index contributed by atoms with van der Waals surface area (Å²) in [6, 6.07) is 10.6. The fourth-order valence-corrected chi connectivity index (χ4v) is 7.81. The number of rotatable bonds is 21. The lowest BCUT2D eigenvalue weighted by molar-refractivity contribution is -0.383. The first-order chi connectivity index (χ1) is 24.8. The number of fused-ring (bicyclic) bond motifs is 2. The lowest BCUT2D eigenvalue weighted by Gasteiger charge is -2.15. The van der Waals surface area contributed by atoms with Gasteiger partial charge in [-0.2, -0.15) is 11.8 Å². The number of aromatic hydroxyl groups is 1. The van der Waals surface area contributed by atoms with Gasteiger partial charge in [0.05, 0.1) is 80.4 Å². The number of hydrogen-bond acceptors (Lipinski definition) is 11. The lowest BCUT2D eigenvalue weighted by atomic mass is 10.0. The molecule has 2 aliphatic rings. The first-order valence-corrected chi connectivity index (χ1v) is 18.0. The van der Waals surface area contributed by atoms with E-state index in [1.54, 1.807) is 42.9 Å². The molecule has 2 saturated heterocycles. The number of nitrogens with one attached hydrogen (secondary N) is 4. The molecule has 276 valence electrons. The van der Waals surface area contributed by atoms with E-state index >= 15 is 0 Å². The Balaban J connectivity index is 0.922. The number of aromatic nitrogens is 1. The fraction of sp³-hybridized carbons (Fsp3) is 0.486. The molecule has 5 N–H and O–H groups in total. The zero-order chi connectivity index (χ0) is 36.2. The van der Waals surface area contributed by atoms with Gasteiger partial charge >= 0.3 is 6.03 Å². The van der Waals surface area contributed by atoms with E-state index in [4.69, 9.17) is 18.9 Å². The number of hydrogen-bond donors (Lipinski definition) is 5. The normalized spacial score (nSPS) is 18.2. The smallest absolute Gasteiger partial charge is 0.315 e. The Labute approximate surface area is 300 Å². The Bertz CT molecular complexity index is 1680. The third-order valence-corrected chi connectivity index (χ3v) is 10.3. The van der Waals surface area contributed by atoms with Crippen LogP contribution in [0.4, 0.5) is 10.5 Å². The highest BCUT2D eigenvalue weighted by Gasteiger charge is 2.42. The summed E-state index contributed by atoms with van der Waals surface area (Å²) >= 11 is 1.86. The molecule has 2 fully saturated rings. The summed E-state index contributed by atoms with van der Waals surface area (Å²) in [5, 5.41) is 35.6. The molecule has 1 aromatic heterocycles. The largest absolute Gasteiger partial charge is 0.508 e. The van der Waals surface area contributed by atoms with Gasteiger partial charge < -0.3 is 49.9 Å². The van der Waals surface area contributed by atoms with Crippen molar-refractivity contribution in [3.8, 4) is 17.2 Å². The molecular weight excluding hydrogens is 680 g/mol. The predicted molar refractivity (Wildman–Crippen MR) is 194 cm³/mol. The van der Waals surface area contributed by atoms with E-state index in [-0.39, 0.29) is 42.0 Å². The van der Waals surface area contributed by atoms with Gasteiger partial charge in [0.2, 0.25) is 5.91 Å². The monoisotopic (exact) mass is 726 g/mol. The summed E-state index contributed by atoms with van der Waals surface area (Å²) in [7, 11) is 1.57. The Morgan fingerprint density at radius 2 is 1.76 bits per heavy atom. The van der Waals surface area contributed by atoms with Gasteiger partial charge in [0, 0.05) is 41.9 Å². The molecule has 2 aliphatic heterocycles. The van der Waals surface area contributed by atoms with E-state index in [0.717, 1.165) is 18.6 Å². The Morgan fingerprint density at radius 3 is 2.47 bits per heavy atom. The van der Waals surface area contributed by atoms with Crippen LogP contribution in [0.5, 0.6) is 11.5 Å². The number of carbonyl (C=O) groups excluding carboxylic acids is 2. The molecule has 16 heteroatoms. The van der Waals surface area contributed by atoms with E-state index < -0.39 is 4.92 Å². The van der Waals surface area contributed by atoms with Gasteiger partial charge in [0.1, 0.15) is 11.5 Å². The summed E-state index contributed by atoms with van der Waals surface area (Å²) in [5.74, 6) is 1.46. The van der Waals surface area contributed by atoms with Crippen molar-refractivity contribution in [2.75, 3.05) is 65.6 Å². The number of carbonyl (C=O) groups is 2. The molecule has 0 bridgehead atoms. The van der Waals surface area contributed by atoms with Crippen molar-refractivity contribution in [3.63, 3.8) is 0 Å². The zero-order valence-electron chi connectivity index (χ0n) is 28.9. The Hall–Kier alpha value is -4.35. The average Bonchev–Trinajstić information content (AvgIpc) is 3.77. The average molecular weight is 727 g/mol. The van der Waals surface area contributed by atoms with Crippen LogP contribution in [0.15, 0.2) is 48.6 Å². The summed E-state index contributed by atoms with van der Waals surface area (Å²) in [6.07, 6.45) is 5.09. The molecule has 3 aromatic rings. The van der Waals surface area contributed by atoms with Crippen LogP contribution in [0.1, 0.15) is 24.1 Å². The van der Waals surface area contributed by atoms with Crippen LogP contribution < -0.4 is 26.0 Å². The number of methoxy groups -OCH3 is 1.